The number of rotatable bonds is 6. The normalized spacial score (nSPS) is 16.9. The summed E-state index contributed by atoms with van der Waals surface area (Å²) in [5.74, 6) is -0.965. The van der Waals surface area contributed by atoms with E-state index in [-0.39, 0.29) is 29.5 Å². The van der Waals surface area contributed by atoms with E-state index in [0.717, 1.165) is 5.56 Å². The first-order valence-corrected chi connectivity index (χ1v) is 10.9. The fourth-order valence-electron chi connectivity index (χ4n) is 3.05. The van der Waals surface area contributed by atoms with Gasteiger partial charge in [-0.05, 0) is 30.7 Å². The molecule has 0 bridgehead atoms. The molecule has 1 aliphatic rings. The van der Waals surface area contributed by atoms with Gasteiger partial charge < -0.3 is 4.74 Å². The van der Waals surface area contributed by atoms with Crippen molar-refractivity contribution < 1.29 is 22.7 Å². The van der Waals surface area contributed by atoms with E-state index in [0.29, 0.717) is 31.5 Å². The second-order valence-electron chi connectivity index (χ2n) is 7.93. The van der Waals surface area contributed by atoms with Gasteiger partial charge in [0.15, 0.2) is 12.4 Å². The van der Waals surface area contributed by atoms with Crippen LogP contribution in [-0.2, 0) is 25.0 Å². The van der Waals surface area contributed by atoms with Crippen molar-refractivity contribution in [1.29, 1.82) is 0 Å². The Morgan fingerprint density at radius 3 is 2.15 bits per heavy atom. The minimum absolute atomic E-state index is 0.00810. The zero-order valence-electron chi connectivity index (χ0n) is 16.5. The SMILES string of the molecule is CCS(=O)(=O)N1CCC(C(=O)OCC(=O)c2ccc(C(C)(C)C)cc2)CC1. The number of hydrogen-bond donors (Lipinski definition) is 0. The molecule has 1 fully saturated rings. The second kappa shape index (κ2) is 8.52. The summed E-state index contributed by atoms with van der Waals surface area (Å²) in [6.07, 6.45) is 0.846. The van der Waals surface area contributed by atoms with E-state index in [2.05, 4.69) is 20.8 Å². The molecule has 0 unspecified atom stereocenters. The van der Waals surface area contributed by atoms with Crippen LogP contribution in [0, 0.1) is 5.92 Å². The topological polar surface area (TPSA) is 80.8 Å². The molecule has 1 aromatic rings. The van der Waals surface area contributed by atoms with E-state index in [1.165, 1.54) is 4.31 Å². The third-order valence-corrected chi connectivity index (χ3v) is 6.85. The Balaban J connectivity index is 1.84. The van der Waals surface area contributed by atoms with E-state index in [4.69, 9.17) is 4.74 Å². The van der Waals surface area contributed by atoms with Crippen LogP contribution in [0.5, 0.6) is 0 Å². The van der Waals surface area contributed by atoms with Crippen molar-refractivity contribution in [2.75, 3.05) is 25.4 Å². The minimum atomic E-state index is -3.22. The van der Waals surface area contributed by atoms with Gasteiger partial charge in [0.25, 0.3) is 0 Å². The Hall–Kier alpha value is -1.73. The summed E-state index contributed by atoms with van der Waals surface area (Å²) in [4.78, 5) is 24.5. The summed E-state index contributed by atoms with van der Waals surface area (Å²) >= 11 is 0. The smallest absolute Gasteiger partial charge is 0.309 e. The molecule has 27 heavy (non-hydrogen) atoms. The number of piperidine rings is 1. The minimum Gasteiger partial charge on any atom is -0.457 e. The molecule has 1 saturated heterocycles. The third-order valence-electron chi connectivity index (χ3n) is 4.96. The number of hydrogen-bond acceptors (Lipinski definition) is 5. The van der Waals surface area contributed by atoms with E-state index in [9.17, 15) is 18.0 Å². The molecule has 1 aliphatic heterocycles. The van der Waals surface area contributed by atoms with Crippen LogP contribution < -0.4 is 0 Å². The summed E-state index contributed by atoms with van der Waals surface area (Å²) < 4.78 is 30.3. The van der Waals surface area contributed by atoms with Gasteiger partial charge >= 0.3 is 5.97 Å². The molecule has 0 atom stereocenters. The highest BCUT2D eigenvalue weighted by molar-refractivity contribution is 7.89. The van der Waals surface area contributed by atoms with Crippen molar-refractivity contribution in [3.63, 3.8) is 0 Å². The standard InChI is InChI=1S/C20H29NO5S/c1-5-27(24,25)21-12-10-16(11-13-21)19(23)26-14-18(22)15-6-8-17(9-7-15)20(2,3)4/h6-9,16H,5,10-14H2,1-4H3. The monoisotopic (exact) mass is 395 g/mol. The molecule has 150 valence electrons. The number of benzene rings is 1. The fourth-order valence-corrected chi connectivity index (χ4v) is 4.18. The quantitative estimate of drug-likeness (QED) is 0.546. The van der Waals surface area contributed by atoms with Gasteiger partial charge in [-0.2, -0.15) is 0 Å². The van der Waals surface area contributed by atoms with Gasteiger partial charge in [-0.3, -0.25) is 9.59 Å². The molecule has 0 aromatic heterocycles. The Morgan fingerprint density at radius 1 is 1.11 bits per heavy atom. The number of esters is 1. The maximum absolute atomic E-state index is 12.3. The summed E-state index contributed by atoms with van der Waals surface area (Å²) in [5.41, 5.74) is 1.65. The number of ether oxygens (including phenoxy) is 1. The van der Waals surface area contributed by atoms with Crippen LogP contribution in [0.3, 0.4) is 0 Å². The molecule has 1 heterocycles. The van der Waals surface area contributed by atoms with Crippen LogP contribution in [0.2, 0.25) is 0 Å². The fraction of sp³-hybridized carbons (Fsp3) is 0.600. The second-order valence-corrected chi connectivity index (χ2v) is 10.2. The molecular formula is C20H29NO5S. The van der Waals surface area contributed by atoms with E-state index in [1.807, 2.05) is 12.1 Å². The van der Waals surface area contributed by atoms with Crippen LogP contribution in [0.15, 0.2) is 24.3 Å². The summed E-state index contributed by atoms with van der Waals surface area (Å²) in [7, 11) is -3.22. The first kappa shape index (κ1) is 21.6. The highest BCUT2D eigenvalue weighted by atomic mass is 32.2. The number of ketones is 1. The Bertz CT molecular complexity index is 770. The number of Topliss-reactive ketones (excluding diaryl/α,β-unsaturated/α-hetero) is 1. The lowest BCUT2D eigenvalue weighted by Crippen LogP contribution is -2.41. The maximum atomic E-state index is 12.3. The van der Waals surface area contributed by atoms with Crippen molar-refractivity contribution in [3.05, 3.63) is 35.4 Å². The highest BCUT2D eigenvalue weighted by Crippen LogP contribution is 2.23. The van der Waals surface area contributed by atoms with E-state index < -0.39 is 16.0 Å². The molecule has 0 radical (unpaired) electrons. The van der Waals surface area contributed by atoms with Crippen LogP contribution in [0.1, 0.15) is 56.5 Å². The molecule has 0 spiro atoms. The first-order chi connectivity index (χ1) is 12.5. The molecule has 0 N–H and O–H groups in total. The molecular weight excluding hydrogens is 366 g/mol. The van der Waals surface area contributed by atoms with Crippen molar-refractivity contribution in [2.24, 2.45) is 5.92 Å². The first-order valence-electron chi connectivity index (χ1n) is 9.33. The molecule has 7 heteroatoms. The zero-order chi connectivity index (χ0) is 20.2. The van der Waals surface area contributed by atoms with Gasteiger partial charge in [-0.15, -0.1) is 0 Å². The number of nitrogens with zero attached hydrogens (tertiary/aromatic N) is 1. The van der Waals surface area contributed by atoms with Crippen molar-refractivity contribution >= 4 is 21.8 Å². The number of carbonyl (C=O) groups excluding carboxylic acids is 2. The number of carbonyl (C=O) groups is 2. The predicted molar refractivity (Wildman–Crippen MR) is 104 cm³/mol. The Morgan fingerprint density at radius 2 is 1.67 bits per heavy atom. The van der Waals surface area contributed by atoms with Crippen molar-refractivity contribution in [2.45, 2.75) is 46.0 Å². The van der Waals surface area contributed by atoms with E-state index >= 15 is 0 Å². The largest absolute Gasteiger partial charge is 0.457 e. The lowest BCUT2D eigenvalue weighted by molar-refractivity contribution is -0.148. The van der Waals surface area contributed by atoms with Gasteiger partial charge in [0, 0.05) is 18.7 Å². The molecule has 0 aliphatic carbocycles. The molecule has 0 saturated carbocycles. The van der Waals surface area contributed by atoms with E-state index in [1.54, 1.807) is 19.1 Å². The Kier molecular flexibility index (Phi) is 6.81. The average molecular weight is 396 g/mol. The lowest BCUT2D eigenvalue weighted by atomic mass is 9.86. The van der Waals surface area contributed by atoms with Crippen LogP contribution >= 0.6 is 0 Å². The van der Waals surface area contributed by atoms with Gasteiger partial charge in [0.05, 0.1) is 11.7 Å². The predicted octanol–water partition coefficient (Wildman–Crippen LogP) is 2.77. The zero-order valence-corrected chi connectivity index (χ0v) is 17.3. The van der Waals surface area contributed by atoms with Gasteiger partial charge in [0.2, 0.25) is 10.0 Å². The summed E-state index contributed by atoms with van der Waals surface area (Å²) in [5, 5.41) is 0. The van der Waals surface area contributed by atoms with Crippen LogP contribution in [0.25, 0.3) is 0 Å². The van der Waals surface area contributed by atoms with Crippen molar-refractivity contribution in [3.8, 4) is 0 Å². The maximum Gasteiger partial charge on any atom is 0.309 e. The van der Waals surface area contributed by atoms with Gasteiger partial charge in [0.1, 0.15) is 0 Å². The van der Waals surface area contributed by atoms with Crippen LogP contribution in [0.4, 0.5) is 0 Å². The summed E-state index contributed by atoms with van der Waals surface area (Å²) in [6, 6.07) is 7.34. The summed E-state index contributed by atoms with van der Waals surface area (Å²) in [6.45, 7) is 8.25. The lowest BCUT2D eigenvalue weighted by Gasteiger charge is -2.29. The third kappa shape index (κ3) is 5.62. The van der Waals surface area contributed by atoms with Gasteiger partial charge in [-0.1, -0.05) is 45.0 Å². The average Bonchev–Trinajstić information content (AvgIpc) is 2.65. The van der Waals surface area contributed by atoms with Crippen molar-refractivity contribution in [1.82, 2.24) is 4.31 Å². The van der Waals surface area contributed by atoms with Gasteiger partial charge in [-0.25, -0.2) is 12.7 Å². The molecule has 6 nitrogen and oxygen atoms in total. The highest BCUT2D eigenvalue weighted by Gasteiger charge is 2.31. The molecule has 1 aromatic carbocycles. The number of sulfonamides is 1. The molecule has 0 amide bonds. The molecule has 2 rings (SSSR count). The van der Waals surface area contributed by atoms with Crippen LogP contribution in [-0.4, -0.2) is 49.9 Å². The Labute approximate surface area is 161 Å².